The molecule has 0 amide bonds. The summed E-state index contributed by atoms with van der Waals surface area (Å²) in [6.07, 6.45) is 9.89. The summed E-state index contributed by atoms with van der Waals surface area (Å²) in [6.45, 7) is 10.3. The van der Waals surface area contributed by atoms with Gasteiger partial charge < -0.3 is 19.7 Å². The second-order valence-electron chi connectivity index (χ2n) is 11.0. The second kappa shape index (κ2) is 10.6. The molecule has 0 bridgehead atoms. The van der Waals surface area contributed by atoms with Crippen LogP contribution in [0.5, 0.6) is 0 Å². The van der Waals surface area contributed by atoms with Gasteiger partial charge >= 0.3 is 0 Å². The number of aromatic nitrogens is 2. The molecule has 0 radical (unpaired) electrons. The van der Waals surface area contributed by atoms with Crippen LogP contribution in [0.15, 0.2) is 42.7 Å². The Kier molecular flexibility index (Phi) is 7.83. The van der Waals surface area contributed by atoms with Gasteiger partial charge in [0.1, 0.15) is 0 Å². The van der Waals surface area contributed by atoms with Crippen LogP contribution in [0.1, 0.15) is 71.8 Å². The van der Waals surface area contributed by atoms with Gasteiger partial charge in [0, 0.05) is 49.2 Å². The largest absolute Gasteiger partial charge is 0.634 e. The van der Waals surface area contributed by atoms with E-state index in [1.54, 1.807) is 0 Å². The molecule has 3 aromatic rings. The van der Waals surface area contributed by atoms with Crippen LogP contribution >= 0.6 is 0 Å². The molecule has 0 atom stereocenters. The summed E-state index contributed by atoms with van der Waals surface area (Å²) in [4.78, 5) is 9.08. The Morgan fingerprint density at radius 3 is 2.35 bits per heavy atom. The highest BCUT2D eigenvalue weighted by molar-refractivity contribution is 6.03. The summed E-state index contributed by atoms with van der Waals surface area (Å²) >= 11 is 0. The number of pyridine rings is 2. The first-order valence-electron chi connectivity index (χ1n) is 12.6. The molecule has 1 fully saturated rings. The zero-order valence-corrected chi connectivity index (χ0v) is 21.1. The molecule has 6 heteroatoms. The summed E-state index contributed by atoms with van der Waals surface area (Å²) in [5.41, 5.74) is 2.47. The van der Waals surface area contributed by atoms with Gasteiger partial charge in [0.25, 0.3) is 0 Å². The molecule has 3 heterocycles. The lowest BCUT2D eigenvalue weighted by Crippen LogP contribution is -3.23. The van der Waals surface area contributed by atoms with Gasteiger partial charge in [-0.25, -0.2) is 0 Å². The van der Waals surface area contributed by atoms with Crippen LogP contribution in [0, 0.1) is 5.21 Å². The van der Waals surface area contributed by atoms with Gasteiger partial charge in [-0.05, 0) is 58.2 Å². The van der Waals surface area contributed by atoms with Crippen LogP contribution in [0.25, 0.3) is 21.8 Å². The van der Waals surface area contributed by atoms with E-state index in [0.717, 1.165) is 79.1 Å². The Labute approximate surface area is 203 Å². The number of rotatable bonds is 10. The van der Waals surface area contributed by atoms with Crippen LogP contribution in [0.2, 0.25) is 0 Å². The maximum absolute atomic E-state index is 12.5. The van der Waals surface area contributed by atoms with Gasteiger partial charge in [-0.15, -0.1) is 0 Å². The molecule has 1 saturated heterocycles. The summed E-state index contributed by atoms with van der Waals surface area (Å²) in [7, 11) is 0. The fraction of sp³-hybridized carbons (Fsp3) is 0.571. The molecule has 34 heavy (non-hydrogen) atoms. The molecule has 1 aliphatic heterocycles. The molecule has 0 unspecified atom stereocenters. The van der Waals surface area contributed by atoms with E-state index in [1.807, 2.05) is 24.5 Å². The SMILES string of the molecule is CC1(C)CC(OCCCCCCOCc2ccnc3c2ccc2cccnc23)CC(C)(C)[NH+]1[O-]. The average Bonchev–Trinajstić information content (AvgIpc) is 2.81. The van der Waals surface area contributed by atoms with E-state index < -0.39 is 0 Å². The monoisotopic (exact) mass is 465 g/mol. The molecule has 184 valence electrons. The molecule has 0 aliphatic carbocycles. The lowest BCUT2D eigenvalue weighted by molar-refractivity contribution is -0.956. The Morgan fingerprint density at radius 1 is 0.882 bits per heavy atom. The van der Waals surface area contributed by atoms with E-state index in [9.17, 15) is 5.21 Å². The number of hydrogen-bond donors (Lipinski definition) is 1. The van der Waals surface area contributed by atoms with E-state index >= 15 is 0 Å². The molecule has 2 aromatic heterocycles. The molecule has 4 rings (SSSR count). The highest BCUT2D eigenvalue weighted by Crippen LogP contribution is 2.26. The molecule has 1 N–H and O–H groups in total. The third-order valence-electron chi connectivity index (χ3n) is 7.07. The normalized spacial score (nSPS) is 21.8. The van der Waals surface area contributed by atoms with Crippen LogP contribution in [0.4, 0.5) is 0 Å². The molecule has 1 aliphatic rings. The van der Waals surface area contributed by atoms with E-state index in [2.05, 4.69) is 55.9 Å². The van der Waals surface area contributed by atoms with Gasteiger partial charge in [0.2, 0.25) is 0 Å². The van der Waals surface area contributed by atoms with Gasteiger partial charge in [-0.2, -0.15) is 0 Å². The number of ether oxygens (including phenoxy) is 2. The minimum atomic E-state index is -0.284. The Morgan fingerprint density at radius 2 is 1.59 bits per heavy atom. The standard InChI is InChI=1S/C28H39N3O3/c1-27(2)18-23(19-28(3,4)31(27)32)34-17-8-6-5-7-16-33-20-22-13-15-30-26-24(22)12-11-21-10-9-14-29-25(21)26/h9-15,23,31H,5-8,16-20H2,1-4H3. The Balaban J connectivity index is 1.14. The first-order chi connectivity index (χ1) is 16.3. The minimum Gasteiger partial charge on any atom is -0.634 e. The number of fused-ring (bicyclic) bond motifs is 3. The minimum absolute atomic E-state index is 0.188. The molecule has 0 saturated carbocycles. The van der Waals surface area contributed by atoms with Crippen molar-refractivity contribution >= 4 is 21.8 Å². The van der Waals surface area contributed by atoms with Gasteiger partial charge in [0.15, 0.2) is 0 Å². The summed E-state index contributed by atoms with van der Waals surface area (Å²) in [6, 6.07) is 10.3. The van der Waals surface area contributed by atoms with E-state index in [0.29, 0.717) is 11.7 Å². The first kappa shape index (κ1) is 25.0. The summed E-state index contributed by atoms with van der Waals surface area (Å²) in [5.74, 6) is 0. The molecular weight excluding hydrogens is 426 g/mol. The predicted octanol–water partition coefficient (Wildman–Crippen LogP) is 4.98. The maximum Gasteiger partial charge on any atom is 0.0968 e. The topological polar surface area (TPSA) is 71.7 Å². The zero-order valence-electron chi connectivity index (χ0n) is 21.1. The van der Waals surface area contributed by atoms with Crippen LogP contribution < -0.4 is 5.06 Å². The van der Waals surface area contributed by atoms with Crippen molar-refractivity contribution in [2.24, 2.45) is 0 Å². The van der Waals surface area contributed by atoms with E-state index in [-0.39, 0.29) is 17.2 Å². The fourth-order valence-electron chi connectivity index (χ4n) is 5.46. The van der Waals surface area contributed by atoms with Crippen molar-refractivity contribution in [3.05, 3.63) is 53.5 Å². The molecular formula is C28H39N3O3. The molecule has 0 spiro atoms. The van der Waals surface area contributed by atoms with Crippen molar-refractivity contribution in [2.75, 3.05) is 13.2 Å². The van der Waals surface area contributed by atoms with Crippen molar-refractivity contribution in [1.82, 2.24) is 9.97 Å². The van der Waals surface area contributed by atoms with Gasteiger partial charge in [-0.1, -0.05) is 31.0 Å². The van der Waals surface area contributed by atoms with Crippen LogP contribution in [0.3, 0.4) is 0 Å². The molecule has 1 aromatic carbocycles. The van der Waals surface area contributed by atoms with E-state index in [1.165, 1.54) is 0 Å². The quantitative estimate of drug-likeness (QED) is 0.260. The number of nitrogens with one attached hydrogen (secondary N) is 1. The average molecular weight is 466 g/mol. The number of quaternary nitrogens is 1. The molecule has 6 nitrogen and oxygen atoms in total. The lowest BCUT2D eigenvalue weighted by atomic mass is 9.80. The summed E-state index contributed by atoms with van der Waals surface area (Å²) < 4.78 is 12.2. The van der Waals surface area contributed by atoms with Crippen LogP contribution in [-0.4, -0.2) is 40.4 Å². The van der Waals surface area contributed by atoms with E-state index in [4.69, 9.17) is 9.47 Å². The number of hydrogen-bond acceptors (Lipinski definition) is 5. The van der Waals surface area contributed by atoms with Crippen molar-refractivity contribution in [2.45, 2.75) is 90.0 Å². The van der Waals surface area contributed by atoms with Crippen LogP contribution in [-0.2, 0) is 16.1 Å². The third-order valence-corrected chi connectivity index (χ3v) is 7.07. The fourth-order valence-corrected chi connectivity index (χ4v) is 5.46. The second-order valence-corrected chi connectivity index (χ2v) is 11.0. The maximum atomic E-state index is 12.5. The number of benzene rings is 1. The Bertz CT molecular complexity index is 1080. The van der Waals surface area contributed by atoms with Crippen molar-refractivity contribution in [3.63, 3.8) is 0 Å². The lowest BCUT2D eigenvalue weighted by Gasteiger charge is -2.54. The van der Waals surface area contributed by atoms with Crippen molar-refractivity contribution < 1.29 is 14.5 Å². The van der Waals surface area contributed by atoms with Crippen molar-refractivity contribution in [3.8, 4) is 0 Å². The highest BCUT2D eigenvalue weighted by Gasteiger charge is 2.45. The number of unbranched alkanes of at least 4 members (excludes halogenated alkanes) is 3. The predicted molar refractivity (Wildman–Crippen MR) is 137 cm³/mol. The highest BCUT2D eigenvalue weighted by atomic mass is 16.5. The number of nitrogens with zero attached hydrogens (tertiary/aromatic N) is 2. The zero-order chi connectivity index (χ0) is 24.2. The summed E-state index contributed by atoms with van der Waals surface area (Å²) in [5, 5.41) is 15.1. The first-order valence-corrected chi connectivity index (χ1v) is 12.6. The van der Waals surface area contributed by atoms with Crippen molar-refractivity contribution in [1.29, 1.82) is 0 Å². The van der Waals surface area contributed by atoms with Gasteiger partial charge in [0.05, 0.1) is 34.8 Å². The van der Waals surface area contributed by atoms with Gasteiger partial charge in [-0.3, -0.25) is 9.97 Å². The number of piperidine rings is 1. The smallest absolute Gasteiger partial charge is 0.0968 e. The Hall–Kier alpha value is -2.12. The third kappa shape index (κ3) is 5.74. The number of hydroxylamine groups is 2.